The van der Waals surface area contributed by atoms with Gasteiger partial charge in [0.1, 0.15) is 18.2 Å². The lowest BCUT2D eigenvalue weighted by Gasteiger charge is -2.25. The molecule has 1 saturated heterocycles. The summed E-state index contributed by atoms with van der Waals surface area (Å²) in [6, 6.07) is 4.18. The van der Waals surface area contributed by atoms with Crippen molar-refractivity contribution in [1.29, 1.82) is 0 Å². The van der Waals surface area contributed by atoms with E-state index in [0.717, 1.165) is 43.0 Å². The summed E-state index contributed by atoms with van der Waals surface area (Å²) in [4.78, 5) is 23.3. The fraction of sp³-hybridized carbons (Fsp3) is 0.471. The molecule has 6 heteroatoms. The number of rotatable bonds is 5. The van der Waals surface area contributed by atoms with E-state index in [-0.39, 0.29) is 11.9 Å². The second-order valence-electron chi connectivity index (χ2n) is 5.79. The second kappa shape index (κ2) is 6.81. The molecule has 1 fully saturated rings. The minimum Gasteiger partial charge on any atom is -0.373 e. The van der Waals surface area contributed by atoms with E-state index in [1.54, 1.807) is 12.4 Å². The smallest absolute Gasteiger partial charge is 0.243 e. The number of nitrogens with one attached hydrogen (secondary N) is 1. The number of carbonyl (C=O) groups is 1. The normalized spacial score (nSPS) is 17.5. The first-order valence-electron chi connectivity index (χ1n) is 8.16. The molecular formula is C17H23N5O. The molecule has 3 heterocycles. The molecule has 1 N–H and O–H groups in total. The first-order chi connectivity index (χ1) is 11.2. The topological polar surface area (TPSA) is 63.1 Å². The van der Waals surface area contributed by atoms with Crippen molar-refractivity contribution in [3.8, 4) is 0 Å². The lowest BCUT2D eigenvalue weighted by Crippen LogP contribution is -2.33. The second-order valence-corrected chi connectivity index (χ2v) is 5.79. The number of amides is 1. The van der Waals surface area contributed by atoms with Crippen LogP contribution < -0.4 is 5.32 Å². The number of likely N-dealkylation sites (tertiary alicyclic amines) is 1. The Morgan fingerprint density at radius 1 is 1.39 bits per heavy atom. The average Bonchev–Trinajstić information content (AvgIpc) is 3.23. The zero-order valence-corrected chi connectivity index (χ0v) is 13.7. The number of aryl methyl sites for hydroxylation is 1. The van der Waals surface area contributed by atoms with Gasteiger partial charge < -0.3 is 14.8 Å². The van der Waals surface area contributed by atoms with Gasteiger partial charge in [-0.25, -0.2) is 9.97 Å². The van der Waals surface area contributed by atoms with Gasteiger partial charge in [0.25, 0.3) is 0 Å². The van der Waals surface area contributed by atoms with Crippen LogP contribution in [0, 0.1) is 0 Å². The van der Waals surface area contributed by atoms with E-state index in [1.807, 2.05) is 34.8 Å². The fourth-order valence-corrected chi connectivity index (χ4v) is 3.24. The molecule has 1 aliphatic heterocycles. The zero-order valence-electron chi connectivity index (χ0n) is 13.7. The fourth-order valence-electron chi connectivity index (χ4n) is 3.24. The highest BCUT2D eigenvalue weighted by atomic mass is 16.2. The van der Waals surface area contributed by atoms with Crippen molar-refractivity contribution >= 4 is 11.7 Å². The van der Waals surface area contributed by atoms with E-state index in [4.69, 9.17) is 0 Å². The van der Waals surface area contributed by atoms with Crippen molar-refractivity contribution < 1.29 is 4.79 Å². The van der Waals surface area contributed by atoms with E-state index in [9.17, 15) is 4.79 Å². The highest BCUT2D eigenvalue weighted by Gasteiger charge is 2.30. The van der Waals surface area contributed by atoms with Gasteiger partial charge >= 0.3 is 0 Å². The third kappa shape index (κ3) is 3.21. The highest BCUT2D eigenvalue weighted by Crippen LogP contribution is 2.32. The van der Waals surface area contributed by atoms with Crippen LogP contribution in [0.5, 0.6) is 0 Å². The van der Waals surface area contributed by atoms with Crippen molar-refractivity contribution in [2.24, 2.45) is 0 Å². The Bertz CT molecular complexity index is 681. The summed E-state index contributed by atoms with van der Waals surface area (Å²) in [5.41, 5.74) is 1.15. The summed E-state index contributed by atoms with van der Waals surface area (Å²) in [5, 5.41) is 3.06. The standard InChI is InChI=1S/C17H23N5O/c1-3-16-20-8-10-21(16)12-17(23)22-9-4-5-14(22)13-6-7-19-15(11-13)18-2/h6-8,10-11,14H,3-5,9,12H2,1-2H3,(H,18,19). The van der Waals surface area contributed by atoms with Gasteiger partial charge in [-0.15, -0.1) is 0 Å². The maximum Gasteiger partial charge on any atom is 0.243 e. The Hall–Kier alpha value is -2.37. The van der Waals surface area contributed by atoms with Gasteiger partial charge in [0.2, 0.25) is 5.91 Å². The predicted octanol–water partition coefficient (Wildman–Crippen LogP) is 2.25. The third-order valence-corrected chi connectivity index (χ3v) is 4.42. The number of hydrogen-bond donors (Lipinski definition) is 1. The SMILES string of the molecule is CCc1nccn1CC(=O)N1CCCC1c1ccnc(NC)c1. The van der Waals surface area contributed by atoms with Crippen LogP contribution in [0.4, 0.5) is 5.82 Å². The molecule has 2 aromatic heterocycles. The van der Waals surface area contributed by atoms with Gasteiger partial charge in [-0.1, -0.05) is 6.92 Å². The summed E-state index contributed by atoms with van der Waals surface area (Å²) >= 11 is 0. The largest absolute Gasteiger partial charge is 0.373 e. The zero-order chi connectivity index (χ0) is 16.2. The van der Waals surface area contributed by atoms with Gasteiger partial charge in [0, 0.05) is 38.6 Å². The van der Waals surface area contributed by atoms with Gasteiger partial charge in [-0.3, -0.25) is 4.79 Å². The monoisotopic (exact) mass is 313 g/mol. The van der Waals surface area contributed by atoms with Crippen molar-refractivity contribution in [3.05, 3.63) is 42.1 Å². The molecule has 0 aliphatic carbocycles. The number of anilines is 1. The first kappa shape index (κ1) is 15.5. The minimum absolute atomic E-state index is 0.145. The molecule has 0 saturated carbocycles. The van der Waals surface area contributed by atoms with Gasteiger partial charge in [-0.05, 0) is 30.5 Å². The number of aromatic nitrogens is 3. The number of pyridine rings is 1. The van der Waals surface area contributed by atoms with Crippen LogP contribution in [0.2, 0.25) is 0 Å². The van der Waals surface area contributed by atoms with Crippen molar-refractivity contribution in [1.82, 2.24) is 19.4 Å². The molecule has 122 valence electrons. The van der Waals surface area contributed by atoms with Crippen molar-refractivity contribution in [3.63, 3.8) is 0 Å². The first-order valence-corrected chi connectivity index (χ1v) is 8.16. The molecular weight excluding hydrogens is 290 g/mol. The molecule has 1 aliphatic rings. The van der Waals surface area contributed by atoms with E-state index < -0.39 is 0 Å². The quantitative estimate of drug-likeness (QED) is 0.919. The molecule has 0 aromatic carbocycles. The number of imidazole rings is 1. The van der Waals surface area contributed by atoms with Gasteiger partial charge in [0.15, 0.2) is 0 Å². The van der Waals surface area contributed by atoms with E-state index in [1.165, 1.54) is 0 Å². The molecule has 2 aromatic rings. The lowest BCUT2D eigenvalue weighted by molar-refractivity contribution is -0.132. The summed E-state index contributed by atoms with van der Waals surface area (Å²) in [6.07, 6.45) is 8.32. The Kier molecular flexibility index (Phi) is 4.60. The Morgan fingerprint density at radius 3 is 3.04 bits per heavy atom. The molecule has 0 radical (unpaired) electrons. The molecule has 6 nitrogen and oxygen atoms in total. The van der Waals surface area contributed by atoms with Crippen molar-refractivity contribution in [2.75, 3.05) is 18.9 Å². The van der Waals surface area contributed by atoms with Crippen LogP contribution >= 0.6 is 0 Å². The molecule has 23 heavy (non-hydrogen) atoms. The number of nitrogens with zero attached hydrogens (tertiary/aromatic N) is 4. The lowest BCUT2D eigenvalue weighted by atomic mass is 10.1. The molecule has 3 rings (SSSR count). The van der Waals surface area contributed by atoms with Gasteiger partial charge in [-0.2, -0.15) is 0 Å². The Morgan fingerprint density at radius 2 is 2.26 bits per heavy atom. The maximum absolute atomic E-state index is 12.8. The average molecular weight is 313 g/mol. The maximum atomic E-state index is 12.8. The molecule has 1 atom stereocenters. The molecule has 0 bridgehead atoms. The summed E-state index contributed by atoms with van der Waals surface area (Å²) < 4.78 is 1.95. The van der Waals surface area contributed by atoms with Crippen molar-refractivity contribution in [2.45, 2.75) is 38.8 Å². The van der Waals surface area contributed by atoms with Crippen LogP contribution in [-0.4, -0.2) is 38.9 Å². The number of carbonyl (C=O) groups excluding carboxylic acids is 1. The predicted molar refractivity (Wildman–Crippen MR) is 89.1 cm³/mol. The van der Waals surface area contributed by atoms with E-state index in [0.29, 0.717) is 6.54 Å². The Balaban J connectivity index is 1.76. The molecule has 1 unspecified atom stereocenters. The van der Waals surface area contributed by atoms with Gasteiger partial charge in [0.05, 0.1) is 6.04 Å². The van der Waals surface area contributed by atoms with Crippen LogP contribution in [0.1, 0.15) is 37.2 Å². The van der Waals surface area contributed by atoms with Crippen LogP contribution in [-0.2, 0) is 17.8 Å². The van der Waals surface area contributed by atoms with E-state index in [2.05, 4.69) is 22.2 Å². The highest BCUT2D eigenvalue weighted by molar-refractivity contribution is 5.77. The molecule has 0 spiro atoms. The van der Waals surface area contributed by atoms with Crippen LogP contribution in [0.3, 0.4) is 0 Å². The summed E-state index contributed by atoms with van der Waals surface area (Å²) in [7, 11) is 1.86. The summed E-state index contributed by atoms with van der Waals surface area (Å²) in [5.74, 6) is 1.95. The van der Waals surface area contributed by atoms with E-state index >= 15 is 0 Å². The van der Waals surface area contributed by atoms with Crippen LogP contribution in [0.25, 0.3) is 0 Å². The molecule has 1 amide bonds. The third-order valence-electron chi connectivity index (χ3n) is 4.42. The number of hydrogen-bond acceptors (Lipinski definition) is 4. The Labute approximate surface area is 136 Å². The van der Waals surface area contributed by atoms with Crippen LogP contribution in [0.15, 0.2) is 30.7 Å². The summed E-state index contributed by atoms with van der Waals surface area (Å²) in [6.45, 7) is 3.23. The minimum atomic E-state index is 0.145.